The summed E-state index contributed by atoms with van der Waals surface area (Å²) in [4.78, 5) is 2.39. The fraction of sp³-hybridized carbons (Fsp3) is 0.111. The molecular weight excluding hydrogens is 771 g/mol. The second-order valence-corrected chi connectivity index (χ2v) is 18.3. The molecule has 12 rings (SSSR count). The van der Waals surface area contributed by atoms with Crippen LogP contribution in [0.25, 0.3) is 71.6 Å². The van der Waals surface area contributed by atoms with Crippen LogP contribution in [-0.4, -0.2) is 0 Å². The van der Waals surface area contributed by atoms with Crippen molar-refractivity contribution in [1.82, 2.24) is 0 Å². The SMILES string of the molecule is CC1(C)c2cc(N(c3ccccc3)c3ccccc3)ccc2-c2cc3c(-c4ccc5ccccc5c4)c(-c4ccccc4)c(-c4ccccc4)c(C4=CC5=CC=CCC5CC4)c3cc21. The van der Waals surface area contributed by atoms with E-state index in [-0.39, 0.29) is 5.41 Å². The highest BCUT2D eigenvalue weighted by Crippen LogP contribution is 2.57. The predicted molar refractivity (Wildman–Crippen MR) is 273 cm³/mol. The Kier molecular flexibility index (Phi) is 9.20. The third-order valence-corrected chi connectivity index (χ3v) is 14.3. The van der Waals surface area contributed by atoms with Crippen LogP contribution >= 0.6 is 0 Å². The van der Waals surface area contributed by atoms with Crippen molar-refractivity contribution in [2.24, 2.45) is 5.92 Å². The van der Waals surface area contributed by atoms with Gasteiger partial charge in [0.15, 0.2) is 0 Å². The summed E-state index contributed by atoms with van der Waals surface area (Å²) in [6.07, 6.45) is 12.8. The molecule has 0 saturated carbocycles. The summed E-state index contributed by atoms with van der Waals surface area (Å²) >= 11 is 0. The van der Waals surface area contributed by atoms with E-state index in [9.17, 15) is 0 Å². The molecule has 0 bridgehead atoms. The normalized spacial score (nSPS) is 15.9. The van der Waals surface area contributed by atoms with Crippen LogP contribution in [0.3, 0.4) is 0 Å². The van der Waals surface area contributed by atoms with Crippen LogP contribution in [0.5, 0.6) is 0 Å². The zero-order chi connectivity index (χ0) is 42.8. The minimum atomic E-state index is -0.262. The predicted octanol–water partition coefficient (Wildman–Crippen LogP) is 17.4. The zero-order valence-electron chi connectivity index (χ0n) is 36.4. The Labute approximate surface area is 377 Å². The molecule has 9 aromatic carbocycles. The van der Waals surface area contributed by atoms with E-state index in [0.29, 0.717) is 5.92 Å². The lowest BCUT2D eigenvalue weighted by Crippen LogP contribution is -2.17. The van der Waals surface area contributed by atoms with Crippen molar-refractivity contribution in [3.63, 3.8) is 0 Å². The summed E-state index contributed by atoms with van der Waals surface area (Å²) in [7, 11) is 0. The average Bonchev–Trinajstić information content (AvgIpc) is 3.57. The second kappa shape index (κ2) is 15.4. The van der Waals surface area contributed by atoms with E-state index < -0.39 is 0 Å². The van der Waals surface area contributed by atoms with E-state index in [1.54, 1.807) is 0 Å². The fourth-order valence-electron chi connectivity index (χ4n) is 11.2. The Balaban J connectivity index is 1.20. The highest BCUT2D eigenvalue weighted by Gasteiger charge is 2.38. The largest absolute Gasteiger partial charge is 0.310 e. The summed E-state index contributed by atoms with van der Waals surface area (Å²) in [5, 5.41) is 5.12. The van der Waals surface area contributed by atoms with Gasteiger partial charge in [-0.25, -0.2) is 0 Å². The summed E-state index contributed by atoms with van der Waals surface area (Å²) in [5.74, 6) is 0.573. The van der Waals surface area contributed by atoms with E-state index >= 15 is 0 Å². The summed E-state index contributed by atoms with van der Waals surface area (Å²) in [6.45, 7) is 4.87. The van der Waals surface area contributed by atoms with E-state index in [1.807, 2.05) is 0 Å². The van der Waals surface area contributed by atoms with Gasteiger partial charge in [0.2, 0.25) is 0 Å². The van der Waals surface area contributed by atoms with Crippen molar-refractivity contribution in [3.8, 4) is 44.5 Å². The zero-order valence-corrected chi connectivity index (χ0v) is 36.4. The molecule has 1 nitrogen and oxygen atoms in total. The molecule has 3 aliphatic carbocycles. The number of allylic oxidation sites excluding steroid dienone is 6. The maximum atomic E-state index is 2.61. The van der Waals surface area contributed by atoms with Crippen molar-refractivity contribution in [2.45, 2.75) is 38.5 Å². The molecule has 9 aromatic rings. The van der Waals surface area contributed by atoms with Crippen molar-refractivity contribution in [2.75, 3.05) is 4.90 Å². The number of fused-ring (bicyclic) bond motifs is 6. The second-order valence-electron chi connectivity index (χ2n) is 18.3. The van der Waals surface area contributed by atoms with Crippen LogP contribution < -0.4 is 4.90 Å². The van der Waals surface area contributed by atoms with Crippen molar-refractivity contribution in [1.29, 1.82) is 0 Å². The number of para-hydroxylation sites is 2. The summed E-state index contributed by atoms with van der Waals surface area (Å²) in [6, 6.07) is 72.2. The minimum absolute atomic E-state index is 0.262. The Morgan fingerprint density at radius 2 is 1.06 bits per heavy atom. The number of benzene rings is 9. The molecular formula is C63H49N. The number of hydrogen-bond donors (Lipinski definition) is 0. The van der Waals surface area contributed by atoms with Crippen LogP contribution in [0.1, 0.15) is 49.8 Å². The molecule has 0 amide bonds. The van der Waals surface area contributed by atoms with Gasteiger partial charge in [-0.2, -0.15) is 0 Å². The number of rotatable bonds is 7. The Bertz CT molecular complexity index is 3310. The molecule has 0 spiro atoms. The van der Waals surface area contributed by atoms with E-state index in [4.69, 9.17) is 0 Å². The van der Waals surface area contributed by atoms with Gasteiger partial charge in [-0.15, -0.1) is 0 Å². The van der Waals surface area contributed by atoms with Crippen LogP contribution in [0, 0.1) is 5.92 Å². The smallest absolute Gasteiger partial charge is 0.0465 e. The van der Waals surface area contributed by atoms with Crippen LogP contribution in [0.4, 0.5) is 17.1 Å². The Morgan fingerprint density at radius 3 is 1.75 bits per heavy atom. The van der Waals surface area contributed by atoms with Gasteiger partial charge in [-0.3, -0.25) is 0 Å². The molecule has 1 unspecified atom stereocenters. The quantitative estimate of drug-likeness (QED) is 0.155. The summed E-state index contributed by atoms with van der Waals surface area (Å²) < 4.78 is 0. The molecule has 0 heterocycles. The third-order valence-electron chi connectivity index (χ3n) is 14.3. The fourth-order valence-corrected chi connectivity index (χ4v) is 11.2. The van der Waals surface area contributed by atoms with Gasteiger partial charge in [0.1, 0.15) is 0 Å². The molecule has 0 saturated heterocycles. The molecule has 0 aliphatic heterocycles. The van der Waals surface area contributed by atoms with Crippen molar-refractivity contribution in [3.05, 3.63) is 241 Å². The minimum Gasteiger partial charge on any atom is -0.310 e. The molecule has 0 radical (unpaired) electrons. The monoisotopic (exact) mass is 819 g/mol. The maximum Gasteiger partial charge on any atom is 0.0465 e. The number of hydrogen-bond acceptors (Lipinski definition) is 1. The lowest BCUT2D eigenvalue weighted by Gasteiger charge is -2.31. The van der Waals surface area contributed by atoms with E-state index in [2.05, 4.69) is 237 Å². The molecule has 64 heavy (non-hydrogen) atoms. The van der Waals surface area contributed by atoms with Crippen molar-refractivity contribution < 1.29 is 0 Å². The van der Waals surface area contributed by atoms with Crippen LogP contribution in [0.15, 0.2) is 224 Å². The molecule has 3 aliphatic rings. The number of nitrogens with zero attached hydrogens (tertiary/aromatic N) is 1. The first-order chi connectivity index (χ1) is 31.5. The Hall–Kier alpha value is -7.48. The maximum absolute atomic E-state index is 2.61. The van der Waals surface area contributed by atoms with Gasteiger partial charge in [-0.05, 0) is 174 Å². The van der Waals surface area contributed by atoms with Gasteiger partial charge >= 0.3 is 0 Å². The summed E-state index contributed by atoms with van der Waals surface area (Å²) in [5.41, 5.74) is 20.4. The van der Waals surface area contributed by atoms with Crippen LogP contribution in [-0.2, 0) is 5.41 Å². The van der Waals surface area contributed by atoms with Gasteiger partial charge in [-0.1, -0.05) is 178 Å². The van der Waals surface area contributed by atoms with Gasteiger partial charge in [0, 0.05) is 22.5 Å². The molecule has 0 fully saturated rings. The molecule has 0 N–H and O–H groups in total. The highest BCUT2D eigenvalue weighted by atomic mass is 15.1. The molecule has 306 valence electrons. The van der Waals surface area contributed by atoms with Gasteiger partial charge in [0.25, 0.3) is 0 Å². The van der Waals surface area contributed by atoms with Crippen LogP contribution in [0.2, 0.25) is 0 Å². The average molecular weight is 820 g/mol. The first-order valence-corrected chi connectivity index (χ1v) is 22.9. The first-order valence-electron chi connectivity index (χ1n) is 22.9. The first kappa shape index (κ1) is 38.2. The molecule has 1 heteroatoms. The lowest BCUT2D eigenvalue weighted by atomic mass is 9.73. The molecule has 0 aromatic heterocycles. The standard InChI is InChI=1S/C63H49N/c1-63(2)57-39-52(64(50-27-11-5-12-28-50)51-29-13-6-14-30-51)35-36-53(57)54-40-55-56(41-58(54)63)60(49-34-32-43-20-16-18-26-47(43)38-49)62(45-23-9-4-10-24-45)61(44-21-7-3-8-22-44)59(55)48-33-31-42-19-15-17-25-46(42)37-48/h3-19,21-31,33,35-41,43H,20,32,34H2,1-2H3. The number of anilines is 3. The molecule has 1 atom stereocenters. The van der Waals surface area contributed by atoms with Gasteiger partial charge < -0.3 is 4.90 Å². The van der Waals surface area contributed by atoms with Gasteiger partial charge in [0.05, 0.1) is 0 Å². The van der Waals surface area contributed by atoms with E-state index in [0.717, 1.165) is 36.3 Å². The Morgan fingerprint density at radius 1 is 0.469 bits per heavy atom. The highest BCUT2D eigenvalue weighted by molar-refractivity contribution is 6.18. The van der Waals surface area contributed by atoms with E-state index in [1.165, 1.54) is 93.9 Å². The topological polar surface area (TPSA) is 3.24 Å². The lowest BCUT2D eigenvalue weighted by molar-refractivity contribution is 0.572. The van der Waals surface area contributed by atoms with Crippen molar-refractivity contribution >= 4 is 44.2 Å². The third kappa shape index (κ3) is 6.29.